The number of nitrogens with two attached hydrogens (primary N) is 1. The predicted octanol–water partition coefficient (Wildman–Crippen LogP) is 0.392. The Morgan fingerprint density at radius 1 is 1.58 bits per heavy atom. The molecule has 2 aromatic rings. The van der Waals surface area contributed by atoms with E-state index in [1.807, 2.05) is 0 Å². The van der Waals surface area contributed by atoms with Crippen LogP contribution in [-0.2, 0) is 7.05 Å². The number of imidazole rings is 1. The van der Waals surface area contributed by atoms with Crippen LogP contribution in [0.3, 0.4) is 0 Å². The summed E-state index contributed by atoms with van der Waals surface area (Å²) in [6.45, 7) is 0. The van der Waals surface area contributed by atoms with E-state index in [4.69, 9.17) is 5.73 Å². The number of aryl methyl sites for hydroxylation is 1. The lowest BCUT2D eigenvalue weighted by Gasteiger charge is -1.88. The Morgan fingerprint density at radius 3 is 2.92 bits per heavy atom. The number of nitrogen functional groups attached to an aromatic ring is 1. The zero-order valence-corrected chi connectivity index (χ0v) is 6.65. The number of aromatic amines is 1. The first-order valence-corrected chi connectivity index (χ1v) is 3.56. The second kappa shape index (κ2) is 2.37. The van der Waals surface area contributed by atoms with Crippen LogP contribution in [-0.4, -0.2) is 19.7 Å². The van der Waals surface area contributed by atoms with Crippen LogP contribution >= 0.6 is 0 Å². The first-order valence-electron chi connectivity index (χ1n) is 3.56. The van der Waals surface area contributed by atoms with Crippen molar-refractivity contribution in [2.24, 2.45) is 7.05 Å². The Kier molecular flexibility index (Phi) is 1.36. The van der Waals surface area contributed by atoms with Gasteiger partial charge in [0.25, 0.3) is 0 Å². The van der Waals surface area contributed by atoms with E-state index in [2.05, 4.69) is 15.1 Å². The minimum Gasteiger partial charge on any atom is -0.384 e. The van der Waals surface area contributed by atoms with Crippen LogP contribution < -0.4 is 5.73 Å². The number of nitrogens with one attached hydrogen (secondary N) is 1. The maximum absolute atomic E-state index is 5.61. The molecule has 0 spiro atoms. The molecule has 0 atom stereocenters. The number of nitrogens with zero attached hydrogens (tertiary/aromatic N) is 3. The van der Waals surface area contributed by atoms with Crippen molar-refractivity contribution in [1.29, 1.82) is 0 Å². The van der Waals surface area contributed by atoms with Crippen LogP contribution in [0.1, 0.15) is 0 Å². The summed E-state index contributed by atoms with van der Waals surface area (Å²) < 4.78 is 1.61. The fourth-order valence-corrected chi connectivity index (χ4v) is 1.00. The van der Waals surface area contributed by atoms with Crippen molar-refractivity contribution >= 4 is 5.82 Å². The van der Waals surface area contributed by atoms with E-state index in [0.29, 0.717) is 5.82 Å². The minimum atomic E-state index is 0.626. The first kappa shape index (κ1) is 6.90. The maximum Gasteiger partial charge on any atom is 0.157 e. The van der Waals surface area contributed by atoms with Crippen molar-refractivity contribution < 1.29 is 0 Å². The third kappa shape index (κ3) is 0.952. The fourth-order valence-electron chi connectivity index (χ4n) is 1.00. The maximum atomic E-state index is 5.61. The summed E-state index contributed by atoms with van der Waals surface area (Å²) in [7, 11) is 1.79. The van der Waals surface area contributed by atoms with Gasteiger partial charge in [-0.25, -0.2) is 4.98 Å². The van der Waals surface area contributed by atoms with Gasteiger partial charge in [0.05, 0.1) is 0 Å². The van der Waals surface area contributed by atoms with Crippen molar-refractivity contribution in [3.63, 3.8) is 0 Å². The largest absolute Gasteiger partial charge is 0.384 e. The van der Waals surface area contributed by atoms with Gasteiger partial charge in [-0.15, -0.1) is 0 Å². The zero-order valence-electron chi connectivity index (χ0n) is 6.65. The molecular weight excluding hydrogens is 154 g/mol. The SMILES string of the molecule is Cn1nc(-c2ncc[nH]2)cc1N. The number of H-pyrrole nitrogens is 1. The average Bonchev–Trinajstić information content (AvgIpc) is 2.61. The van der Waals surface area contributed by atoms with Gasteiger partial charge in [-0.2, -0.15) is 5.10 Å². The molecule has 2 aromatic heterocycles. The summed E-state index contributed by atoms with van der Waals surface area (Å²) in [5, 5.41) is 4.15. The van der Waals surface area contributed by atoms with Crippen LogP contribution in [0.2, 0.25) is 0 Å². The molecule has 12 heavy (non-hydrogen) atoms. The quantitative estimate of drug-likeness (QED) is 0.638. The third-order valence-corrected chi connectivity index (χ3v) is 1.66. The lowest BCUT2D eigenvalue weighted by molar-refractivity contribution is 0.780. The summed E-state index contributed by atoms with van der Waals surface area (Å²) in [4.78, 5) is 7.01. The van der Waals surface area contributed by atoms with Gasteiger partial charge in [-0.05, 0) is 0 Å². The Morgan fingerprint density at radius 2 is 2.42 bits per heavy atom. The molecule has 0 fully saturated rings. The molecule has 0 unspecified atom stereocenters. The summed E-state index contributed by atoms with van der Waals surface area (Å²) in [6.07, 6.45) is 3.43. The molecule has 0 radical (unpaired) electrons. The Bertz CT molecular complexity index is 353. The fraction of sp³-hybridized carbons (Fsp3) is 0.143. The predicted molar refractivity (Wildman–Crippen MR) is 45.2 cm³/mol. The van der Waals surface area contributed by atoms with E-state index in [1.165, 1.54) is 0 Å². The molecule has 62 valence electrons. The normalized spacial score (nSPS) is 10.4. The molecule has 0 aromatic carbocycles. The van der Waals surface area contributed by atoms with E-state index in [0.717, 1.165) is 11.5 Å². The van der Waals surface area contributed by atoms with Crippen LogP contribution in [0, 0.1) is 0 Å². The van der Waals surface area contributed by atoms with Crippen molar-refractivity contribution in [2.45, 2.75) is 0 Å². The van der Waals surface area contributed by atoms with Crippen LogP contribution in [0.25, 0.3) is 11.5 Å². The monoisotopic (exact) mass is 163 g/mol. The van der Waals surface area contributed by atoms with Gasteiger partial charge in [-0.1, -0.05) is 0 Å². The van der Waals surface area contributed by atoms with Crippen molar-refractivity contribution in [3.05, 3.63) is 18.5 Å². The molecule has 0 saturated carbocycles. The van der Waals surface area contributed by atoms with E-state index in [-0.39, 0.29) is 0 Å². The van der Waals surface area contributed by atoms with Crippen LogP contribution in [0.5, 0.6) is 0 Å². The van der Waals surface area contributed by atoms with Gasteiger partial charge in [0, 0.05) is 25.5 Å². The molecule has 5 heteroatoms. The smallest absolute Gasteiger partial charge is 0.157 e. The highest BCUT2D eigenvalue weighted by Gasteiger charge is 2.05. The van der Waals surface area contributed by atoms with Gasteiger partial charge >= 0.3 is 0 Å². The van der Waals surface area contributed by atoms with Crippen LogP contribution in [0.4, 0.5) is 5.82 Å². The number of hydrogen-bond acceptors (Lipinski definition) is 3. The van der Waals surface area contributed by atoms with Gasteiger partial charge < -0.3 is 10.7 Å². The zero-order chi connectivity index (χ0) is 8.55. The highest BCUT2D eigenvalue weighted by Crippen LogP contribution is 2.14. The van der Waals surface area contributed by atoms with E-state index in [1.54, 1.807) is 30.2 Å². The number of rotatable bonds is 1. The van der Waals surface area contributed by atoms with Crippen molar-refractivity contribution in [3.8, 4) is 11.5 Å². The van der Waals surface area contributed by atoms with Gasteiger partial charge in [-0.3, -0.25) is 4.68 Å². The molecule has 0 aliphatic heterocycles. The van der Waals surface area contributed by atoms with E-state index < -0.39 is 0 Å². The molecule has 3 N–H and O–H groups in total. The Labute approximate surface area is 69.2 Å². The molecule has 0 aliphatic carbocycles. The molecular formula is C7H9N5. The lowest BCUT2D eigenvalue weighted by Crippen LogP contribution is -1.96. The standard InChI is InChI=1S/C7H9N5/c1-12-6(8)4-5(11-12)7-9-2-3-10-7/h2-4H,8H2,1H3,(H,9,10). The molecule has 0 bridgehead atoms. The Hall–Kier alpha value is -1.78. The first-order chi connectivity index (χ1) is 5.77. The minimum absolute atomic E-state index is 0.626. The highest BCUT2D eigenvalue weighted by atomic mass is 15.3. The van der Waals surface area contributed by atoms with Gasteiger partial charge in [0.1, 0.15) is 11.5 Å². The van der Waals surface area contributed by atoms with Crippen molar-refractivity contribution in [2.75, 3.05) is 5.73 Å². The molecule has 2 heterocycles. The van der Waals surface area contributed by atoms with Crippen LogP contribution in [0.15, 0.2) is 18.5 Å². The third-order valence-electron chi connectivity index (χ3n) is 1.66. The van der Waals surface area contributed by atoms with E-state index >= 15 is 0 Å². The molecule has 0 amide bonds. The second-order valence-electron chi connectivity index (χ2n) is 2.52. The summed E-state index contributed by atoms with van der Waals surface area (Å²) >= 11 is 0. The van der Waals surface area contributed by atoms with E-state index in [9.17, 15) is 0 Å². The molecule has 2 rings (SSSR count). The number of aromatic nitrogens is 4. The topological polar surface area (TPSA) is 72.5 Å². The Balaban J connectivity index is 2.48. The van der Waals surface area contributed by atoms with Crippen molar-refractivity contribution in [1.82, 2.24) is 19.7 Å². The second-order valence-corrected chi connectivity index (χ2v) is 2.52. The van der Waals surface area contributed by atoms with Gasteiger partial charge in [0.2, 0.25) is 0 Å². The number of hydrogen-bond donors (Lipinski definition) is 2. The van der Waals surface area contributed by atoms with Gasteiger partial charge in [0.15, 0.2) is 5.82 Å². The average molecular weight is 163 g/mol. The molecule has 0 aliphatic rings. The number of anilines is 1. The summed E-state index contributed by atoms with van der Waals surface area (Å²) in [6, 6.07) is 1.78. The molecule has 0 saturated heterocycles. The summed E-state index contributed by atoms with van der Waals surface area (Å²) in [5.41, 5.74) is 6.37. The highest BCUT2D eigenvalue weighted by molar-refractivity contribution is 5.53. The summed E-state index contributed by atoms with van der Waals surface area (Å²) in [5.74, 6) is 1.36. The molecule has 5 nitrogen and oxygen atoms in total. The lowest BCUT2D eigenvalue weighted by atomic mass is 10.4.